The summed E-state index contributed by atoms with van der Waals surface area (Å²) in [6, 6.07) is 0. The maximum Gasteiger partial charge on any atom is 0.345 e. The standard InChI is InChI=1S/C14H18O4.H3P/c1-5-14(9-6-7-10(15)8-9)11(16)17-12(18-14)13(2,3)4;/h5-7,9,12H,1,8H2,2-4H3;1H3. The fourth-order valence-electron chi connectivity index (χ4n) is 2.18. The van der Waals surface area contributed by atoms with Crippen molar-refractivity contribution in [3.63, 3.8) is 0 Å². The first kappa shape index (κ1) is 16.1. The Morgan fingerprint density at radius 3 is 2.42 bits per heavy atom. The normalized spacial score (nSPS) is 34.1. The average molecular weight is 284 g/mol. The van der Waals surface area contributed by atoms with Gasteiger partial charge in [-0.2, -0.15) is 9.90 Å². The monoisotopic (exact) mass is 284 g/mol. The van der Waals surface area contributed by atoms with Gasteiger partial charge in [-0.25, -0.2) is 4.79 Å². The number of rotatable bonds is 2. The largest absolute Gasteiger partial charge is 0.433 e. The number of ketones is 1. The Labute approximate surface area is 116 Å². The topological polar surface area (TPSA) is 52.6 Å². The molecular weight excluding hydrogens is 263 g/mol. The average Bonchev–Trinajstić information content (AvgIpc) is 2.82. The van der Waals surface area contributed by atoms with E-state index in [0.29, 0.717) is 0 Å². The van der Waals surface area contributed by atoms with E-state index >= 15 is 0 Å². The lowest BCUT2D eigenvalue weighted by atomic mass is 9.86. The number of hydrogen-bond acceptors (Lipinski definition) is 4. The van der Waals surface area contributed by atoms with E-state index < -0.39 is 17.9 Å². The second-order valence-electron chi connectivity index (χ2n) is 5.85. The molecule has 0 aromatic carbocycles. The maximum atomic E-state index is 12.1. The predicted octanol–water partition coefficient (Wildman–Crippen LogP) is 2.06. The number of hydrogen-bond donors (Lipinski definition) is 0. The van der Waals surface area contributed by atoms with Crippen molar-refractivity contribution in [2.24, 2.45) is 11.3 Å². The summed E-state index contributed by atoms with van der Waals surface area (Å²) >= 11 is 0. The molecule has 0 bridgehead atoms. The van der Waals surface area contributed by atoms with Gasteiger partial charge in [-0.1, -0.05) is 33.4 Å². The highest BCUT2D eigenvalue weighted by molar-refractivity contribution is 6.92. The SMILES string of the molecule is C=CC1(C2C=CC(=O)C2)OC(C(C)(C)C)OC1=O.P. The fourth-order valence-corrected chi connectivity index (χ4v) is 2.18. The van der Waals surface area contributed by atoms with Crippen molar-refractivity contribution in [2.45, 2.75) is 39.1 Å². The summed E-state index contributed by atoms with van der Waals surface area (Å²) in [7, 11) is 0. The van der Waals surface area contributed by atoms with Crippen molar-refractivity contribution in [1.82, 2.24) is 0 Å². The number of carbonyl (C=O) groups is 2. The summed E-state index contributed by atoms with van der Waals surface area (Å²) in [4.78, 5) is 23.4. The lowest BCUT2D eigenvalue weighted by molar-refractivity contribution is -0.155. The Morgan fingerprint density at radius 1 is 1.42 bits per heavy atom. The third-order valence-electron chi connectivity index (χ3n) is 3.33. The van der Waals surface area contributed by atoms with Gasteiger partial charge in [0.05, 0.1) is 0 Å². The number of ether oxygens (including phenoxy) is 2. The second kappa shape index (κ2) is 5.18. The lowest BCUT2D eigenvalue weighted by Crippen LogP contribution is -2.42. The molecular formula is C14H21O4P. The quantitative estimate of drug-likeness (QED) is 0.442. The van der Waals surface area contributed by atoms with E-state index in [2.05, 4.69) is 6.58 Å². The van der Waals surface area contributed by atoms with Crippen LogP contribution in [0.3, 0.4) is 0 Å². The van der Waals surface area contributed by atoms with Crippen LogP contribution in [0.1, 0.15) is 27.2 Å². The first-order valence-corrected chi connectivity index (χ1v) is 6.03. The van der Waals surface area contributed by atoms with Gasteiger partial charge in [-0.15, -0.1) is 0 Å². The summed E-state index contributed by atoms with van der Waals surface area (Å²) in [5.41, 5.74) is -1.53. The van der Waals surface area contributed by atoms with Gasteiger partial charge >= 0.3 is 5.97 Å². The van der Waals surface area contributed by atoms with Crippen molar-refractivity contribution in [3.8, 4) is 0 Å². The molecule has 4 nitrogen and oxygen atoms in total. The molecule has 0 amide bonds. The third-order valence-corrected chi connectivity index (χ3v) is 3.33. The van der Waals surface area contributed by atoms with Crippen LogP contribution in [0.25, 0.3) is 0 Å². The molecule has 0 saturated carbocycles. The molecule has 1 heterocycles. The van der Waals surface area contributed by atoms with Gasteiger partial charge in [0.2, 0.25) is 6.29 Å². The van der Waals surface area contributed by atoms with Gasteiger partial charge in [0.25, 0.3) is 0 Å². The van der Waals surface area contributed by atoms with Crippen LogP contribution in [0, 0.1) is 11.3 Å². The maximum absolute atomic E-state index is 12.1. The predicted molar refractivity (Wildman–Crippen MR) is 76.7 cm³/mol. The van der Waals surface area contributed by atoms with Gasteiger partial charge in [0.1, 0.15) is 0 Å². The van der Waals surface area contributed by atoms with E-state index in [4.69, 9.17) is 9.47 Å². The summed E-state index contributed by atoms with van der Waals surface area (Å²) < 4.78 is 11.1. The van der Waals surface area contributed by atoms with Crippen LogP contribution in [0.2, 0.25) is 0 Å². The molecule has 19 heavy (non-hydrogen) atoms. The van der Waals surface area contributed by atoms with Gasteiger partial charge in [-0.3, -0.25) is 4.79 Å². The molecule has 1 saturated heterocycles. The van der Waals surface area contributed by atoms with E-state index in [0.717, 1.165) is 0 Å². The van der Waals surface area contributed by atoms with Gasteiger partial charge in [-0.05, 0) is 12.2 Å². The van der Waals surface area contributed by atoms with Crippen molar-refractivity contribution in [1.29, 1.82) is 0 Å². The molecule has 1 fully saturated rings. The molecule has 0 radical (unpaired) electrons. The van der Waals surface area contributed by atoms with E-state index in [9.17, 15) is 9.59 Å². The zero-order valence-electron chi connectivity index (χ0n) is 11.6. The highest BCUT2D eigenvalue weighted by Crippen LogP contribution is 2.42. The smallest absolute Gasteiger partial charge is 0.345 e. The second-order valence-corrected chi connectivity index (χ2v) is 5.85. The van der Waals surface area contributed by atoms with Crippen molar-refractivity contribution in [2.75, 3.05) is 0 Å². The summed E-state index contributed by atoms with van der Waals surface area (Å²) in [6.07, 6.45) is 4.28. The van der Waals surface area contributed by atoms with Crippen LogP contribution >= 0.6 is 9.90 Å². The van der Waals surface area contributed by atoms with Gasteiger partial charge in [0, 0.05) is 17.8 Å². The van der Waals surface area contributed by atoms with Crippen LogP contribution in [0.4, 0.5) is 0 Å². The third kappa shape index (κ3) is 2.65. The van der Waals surface area contributed by atoms with E-state index in [1.165, 1.54) is 12.2 Å². The van der Waals surface area contributed by atoms with Crippen LogP contribution in [-0.2, 0) is 19.1 Å². The molecule has 4 unspecified atom stereocenters. The molecule has 0 N–H and O–H groups in total. The number of cyclic esters (lactones) is 1. The zero-order chi connectivity index (χ0) is 13.6. The van der Waals surface area contributed by atoms with Gasteiger partial charge < -0.3 is 9.47 Å². The van der Waals surface area contributed by atoms with Crippen molar-refractivity contribution < 1.29 is 19.1 Å². The molecule has 5 heteroatoms. The first-order chi connectivity index (χ1) is 8.29. The van der Waals surface area contributed by atoms with Crippen molar-refractivity contribution >= 4 is 21.7 Å². The van der Waals surface area contributed by atoms with Crippen LogP contribution in [0.5, 0.6) is 0 Å². The van der Waals surface area contributed by atoms with Crippen LogP contribution in [0.15, 0.2) is 24.8 Å². The summed E-state index contributed by atoms with van der Waals surface area (Å²) in [5.74, 6) is -0.777. The Bertz CT molecular complexity index is 435. The summed E-state index contributed by atoms with van der Waals surface area (Å²) in [5, 5.41) is 0. The van der Waals surface area contributed by atoms with E-state index in [1.807, 2.05) is 20.8 Å². The molecule has 1 aliphatic heterocycles. The molecule has 2 rings (SSSR count). The lowest BCUT2D eigenvalue weighted by Gasteiger charge is -2.29. The van der Waals surface area contributed by atoms with E-state index in [1.54, 1.807) is 6.08 Å². The molecule has 4 atom stereocenters. The zero-order valence-corrected chi connectivity index (χ0v) is 13.1. The highest BCUT2D eigenvalue weighted by atomic mass is 31.0. The fraction of sp³-hybridized carbons (Fsp3) is 0.571. The molecule has 1 aliphatic carbocycles. The number of esters is 1. The van der Waals surface area contributed by atoms with Crippen LogP contribution in [-0.4, -0.2) is 23.6 Å². The summed E-state index contributed by atoms with van der Waals surface area (Å²) in [6.45, 7) is 9.47. The minimum atomic E-state index is -1.22. The Hall–Kier alpha value is -0.990. The Morgan fingerprint density at radius 2 is 2.05 bits per heavy atom. The Balaban J connectivity index is 0.00000180. The molecule has 0 spiro atoms. The molecule has 106 valence electrons. The van der Waals surface area contributed by atoms with Gasteiger partial charge in [0.15, 0.2) is 11.4 Å². The van der Waals surface area contributed by atoms with Crippen LogP contribution < -0.4 is 0 Å². The minimum Gasteiger partial charge on any atom is -0.433 e. The number of carbonyl (C=O) groups excluding carboxylic acids is 2. The van der Waals surface area contributed by atoms with Crippen molar-refractivity contribution in [3.05, 3.63) is 24.8 Å². The first-order valence-electron chi connectivity index (χ1n) is 6.03. The number of allylic oxidation sites excluding steroid dienone is 1. The molecule has 0 aromatic heterocycles. The Kier molecular flexibility index (Phi) is 4.38. The molecule has 0 aromatic rings. The molecule has 2 aliphatic rings. The van der Waals surface area contributed by atoms with E-state index in [-0.39, 0.29) is 33.4 Å². The minimum absolute atomic E-state index is 0. The highest BCUT2D eigenvalue weighted by Gasteiger charge is 2.56.